The predicted octanol–water partition coefficient (Wildman–Crippen LogP) is 3.26. The number of benzene rings is 2. The van der Waals surface area contributed by atoms with E-state index in [1.807, 2.05) is 0 Å². The van der Waals surface area contributed by atoms with E-state index in [2.05, 4.69) is 10.6 Å². The third-order valence-corrected chi connectivity index (χ3v) is 7.14. The first kappa shape index (κ1) is 22.2. The zero-order valence-corrected chi connectivity index (χ0v) is 17.3. The second-order valence-corrected chi connectivity index (χ2v) is 9.26. The monoisotopic (exact) mass is 437 g/mol. The largest absolute Gasteiger partial charge is 0.338 e. The Bertz CT molecular complexity index is 942. The SMILES string of the molecule is O=C(NCCC1CCN(S(=O)(=O)c2ccc(F)cc2)CC1)NCc1ccc(F)cc1. The van der Waals surface area contributed by atoms with E-state index in [9.17, 15) is 22.0 Å². The summed E-state index contributed by atoms with van der Waals surface area (Å²) < 4.78 is 52.6. The Hall–Kier alpha value is -2.52. The predicted molar refractivity (Wildman–Crippen MR) is 109 cm³/mol. The molecule has 6 nitrogen and oxygen atoms in total. The van der Waals surface area contributed by atoms with Gasteiger partial charge in [-0.1, -0.05) is 12.1 Å². The Morgan fingerprint density at radius 3 is 2.10 bits per heavy atom. The summed E-state index contributed by atoms with van der Waals surface area (Å²) in [4.78, 5) is 12.0. The molecule has 0 aliphatic carbocycles. The molecule has 0 spiro atoms. The lowest BCUT2D eigenvalue weighted by molar-refractivity contribution is 0.235. The van der Waals surface area contributed by atoms with E-state index >= 15 is 0 Å². The molecule has 1 fully saturated rings. The summed E-state index contributed by atoms with van der Waals surface area (Å²) in [6.45, 7) is 1.61. The molecule has 0 unspecified atom stereocenters. The van der Waals surface area contributed by atoms with E-state index in [1.54, 1.807) is 12.1 Å². The zero-order valence-electron chi connectivity index (χ0n) is 16.5. The van der Waals surface area contributed by atoms with Crippen LogP contribution in [-0.4, -0.2) is 38.4 Å². The number of carbonyl (C=O) groups excluding carboxylic acids is 1. The van der Waals surface area contributed by atoms with Gasteiger partial charge in [0.15, 0.2) is 0 Å². The number of carbonyl (C=O) groups is 1. The van der Waals surface area contributed by atoms with Gasteiger partial charge in [0.25, 0.3) is 0 Å². The summed E-state index contributed by atoms with van der Waals surface area (Å²) in [6.07, 6.45) is 2.17. The lowest BCUT2D eigenvalue weighted by Gasteiger charge is -2.31. The fourth-order valence-electron chi connectivity index (χ4n) is 3.43. The zero-order chi connectivity index (χ0) is 21.6. The standard InChI is InChI=1S/C21H25F2N3O3S/c22-18-3-1-17(2-4-18)15-25-21(27)24-12-9-16-10-13-26(14-11-16)30(28,29)20-7-5-19(23)6-8-20/h1-8,16H,9-15H2,(H2,24,25,27). The van der Waals surface area contributed by atoms with Gasteiger partial charge >= 0.3 is 6.03 Å². The molecule has 30 heavy (non-hydrogen) atoms. The lowest BCUT2D eigenvalue weighted by atomic mass is 9.95. The summed E-state index contributed by atoms with van der Waals surface area (Å²) >= 11 is 0. The van der Waals surface area contributed by atoms with Crippen LogP contribution in [0, 0.1) is 17.6 Å². The van der Waals surface area contributed by atoms with Crippen molar-refractivity contribution in [2.75, 3.05) is 19.6 Å². The molecule has 2 aromatic carbocycles. The highest BCUT2D eigenvalue weighted by molar-refractivity contribution is 7.89. The van der Waals surface area contributed by atoms with Crippen molar-refractivity contribution in [2.45, 2.75) is 30.7 Å². The van der Waals surface area contributed by atoms with E-state index in [1.165, 1.54) is 28.6 Å². The lowest BCUT2D eigenvalue weighted by Crippen LogP contribution is -2.40. The number of rotatable bonds is 7. The highest BCUT2D eigenvalue weighted by Crippen LogP contribution is 2.25. The summed E-state index contributed by atoms with van der Waals surface area (Å²) in [5, 5.41) is 5.51. The summed E-state index contributed by atoms with van der Waals surface area (Å²) in [5.41, 5.74) is 0.807. The number of amides is 2. The quantitative estimate of drug-likeness (QED) is 0.698. The van der Waals surface area contributed by atoms with Crippen LogP contribution in [0.5, 0.6) is 0 Å². The maximum Gasteiger partial charge on any atom is 0.315 e. The van der Waals surface area contributed by atoms with Crippen LogP contribution in [0.25, 0.3) is 0 Å². The first-order chi connectivity index (χ1) is 14.3. The fraction of sp³-hybridized carbons (Fsp3) is 0.381. The molecule has 1 heterocycles. The second-order valence-electron chi connectivity index (χ2n) is 7.33. The van der Waals surface area contributed by atoms with Gasteiger partial charge in [0, 0.05) is 26.2 Å². The maximum atomic E-state index is 13.0. The van der Waals surface area contributed by atoms with Crippen LogP contribution >= 0.6 is 0 Å². The fourth-order valence-corrected chi connectivity index (χ4v) is 4.90. The van der Waals surface area contributed by atoms with Crippen LogP contribution in [0.1, 0.15) is 24.8 Å². The van der Waals surface area contributed by atoms with Crippen molar-refractivity contribution in [3.8, 4) is 0 Å². The topological polar surface area (TPSA) is 78.5 Å². The van der Waals surface area contributed by atoms with Crippen LogP contribution in [-0.2, 0) is 16.6 Å². The second kappa shape index (κ2) is 9.99. The van der Waals surface area contributed by atoms with Crippen molar-refractivity contribution in [1.29, 1.82) is 0 Å². The van der Waals surface area contributed by atoms with Crippen molar-refractivity contribution < 1.29 is 22.0 Å². The highest BCUT2D eigenvalue weighted by atomic mass is 32.2. The van der Waals surface area contributed by atoms with Crippen LogP contribution in [0.15, 0.2) is 53.4 Å². The molecule has 1 aliphatic heterocycles. The van der Waals surface area contributed by atoms with E-state index in [-0.39, 0.29) is 16.7 Å². The minimum atomic E-state index is -3.61. The van der Waals surface area contributed by atoms with Gasteiger partial charge in [0.05, 0.1) is 4.90 Å². The number of urea groups is 1. The average Bonchev–Trinajstić information content (AvgIpc) is 2.74. The normalized spacial score (nSPS) is 15.7. The molecule has 162 valence electrons. The van der Waals surface area contributed by atoms with Crippen LogP contribution in [0.2, 0.25) is 0 Å². The number of nitrogens with one attached hydrogen (secondary N) is 2. The summed E-state index contributed by atoms with van der Waals surface area (Å²) in [7, 11) is -3.61. The van der Waals surface area contributed by atoms with Crippen molar-refractivity contribution >= 4 is 16.1 Å². The maximum absolute atomic E-state index is 13.0. The molecular formula is C21H25F2N3O3S. The molecule has 3 rings (SSSR count). The Balaban J connectivity index is 1.37. The molecule has 0 saturated carbocycles. The van der Waals surface area contributed by atoms with Crippen molar-refractivity contribution in [3.05, 3.63) is 65.7 Å². The molecule has 0 bridgehead atoms. The first-order valence-electron chi connectivity index (χ1n) is 9.86. The van der Waals surface area contributed by atoms with Crippen LogP contribution < -0.4 is 10.6 Å². The van der Waals surface area contributed by atoms with Gasteiger partial charge in [-0.15, -0.1) is 0 Å². The number of sulfonamides is 1. The minimum Gasteiger partial charge on any atom is -0.338 e. The van der Waals surface area contributed by atoms with E-state index in [0.717, 1.165) is 24.1 Å². The molecule has 1 saturated heterocycles. The Kier molecular flexibility index (Phi) is 7.38. The molecule has 1 aliphatic rings. The third kappa shape index (κ3) is 5.99. The Labute approximate surface area is 175 Å². The van der Waals surface area contributed by atoms with Gasteiger partial charge in [-0.05, 0) is 67.1 Å². The van der Waals surface area contributed by atoms with Gasteiger partial charge in [-0.25, -0.2) is 22.0 Å². The molecule has 0 atom stereocenters. The number of piperidine rings is 1. The van der Waals surface area contributed by atoms with Crippen molar-refractivity contribution in [3.63, 3.8) is 0 Å². The molecule has 2 N–H and O–H groups in total. The van der Waals surface area contributed by atoms with Gasteiger partial charge in [-0.2, -0.15) is 4.31 Å². The van der Waals surface area contributed by atoms with Crippen LogP contribution in [0.3, 0.4) is 0 Å². The molecule has 0 radical (unpaired) electrons. The Morgan fingerprint density at radius 2 is 1.50 bits per heavy atom. The molecule has 0 aromatic heterocycles. The van der Waals surface area contributed by atoms with E-state index < -0.39 is 15.8 Å². The average molecular weight is 438 g/mol. The number of hydrogen-bond donors (Lipinski definition) is 2. The molecule has 9 heteroatoms. The molecule has 2 aromatic rings. The van der Waals surface area contributed by atoms with Gasteiger partial charge in [-0.3, -0.25) is 0 Å². The highest BCUT2D eigenvalue weighted by Gasteiger charge is 2.29. The van der Waals surface area contributed by atoms with Crippen LogP contribution in [0.4, 0.5) is 13.6 Å². The van der Waals surface area contributed by atoms with Gasteiger partial charge in [0.2, 0.25) is 10.0 Å². The van der Waals surface area contributed by atoms with Gasteiger partial charge in [0.1, 0.15) is 11.6 Å². The van der Waals surface area contributed by atoms with Gasteiger partial charge < -0.3 is 10.6 Å². The van der Waals surface area contributed by atoms with E-state index in [4.69, 9.17) is 0 Å². The summed E-state index contributed by atoms with van der Waals surface area (Å²) in [6, 6.07) is 10.5. The van der Waals surface area contributed by atoms with Crippen molar-refractivity contribution in [2.24, 2.45) is 5.92 Å². The third-order valence-electron chi connectivity index (χ3n) is 5.23. The number of halogens is 2. The number of hydrogen-bond acceptors (Lipinski definition) is 3. The summed E-state index contributed by atoms with van der Waals surface area (Å²) in [5.74, 6) is -0.469. The smallest absolute Gasteiger partial charge is 0.315 e. The van der Waals surface area contributed by atoms with Crippen molar-refractivity contribution in [1.82, 2.24) is 14.9 Å². The Morgan fingerprint density at radius 1 is 0.933 bits per heavy atom. The molecular weight excluding hydrogens is 412 g/mol. The van der Waals surface area contributed by atoms with E-state index in [0.29, 0.717) is 44.9 Å². The molecule has 2 amide bonds. The first-order valence-corrected chi connectivity index (χ1v) is 11.3. The number of nitrogens with zero attached hydrogens (tertiary/aromatic N) is 1. The minimum absolute atomic E-state index is 0.0989.